The van der Waals surface area contributed by atoms with Crippen molar-refractivity contribution >= 4 is 28.1 Å². The Morgan fingerprint density at radius 2 is 2.14 bits per heavy atom. The van der Waals surface area contributed by atoms with Crippen molar-refractivity contribution in [3.8, 4) is 11.5 Å². The molecule has 0 atom stereocenters. The van der Waals surface area contributed by atoms with Gasteiger partial charge in [0.25, 0.3) is 5.89 Å². The van der Waals surface area contributed by atoms with E-state index >= 15 is 0 Å². The van der Waals surface area contributed by atoms with Gasteiger partial charge in [-0.2, -0.15) is 9.36 Å². The fourth-order valence-electron chi connectivity index (χ4n) is 2.03. The normalized spacial score (nSPS) is 10.8. The third-order valence-electron chi connectivity index (χ3n) is 3.08. The molecule has 2 aromatic heterocycles. The monoisotopic (exact) mass is 320 g/mol. The fraction of sp³-hybridized carbons (Fsp3) is 0.214. The lowest BCUT2D eigenvalue weighted by atomic mass is 10.1. The number of halogens is 1. The molecule has 0 saturated carbocycles. The summed E-state index contributed by atoms with van der Waals surface area (Å²) in [6.07, 6.45) is 0.536. The number of nitrogens with zero attached hydrogens (tertiary/aromatic N) is 3. The van der Waals surface area contributed by atoms with Gasteiger partial charge in [0.15, 0.2) is 5.82 Å². The van der Waals surface area contributed by atoms with Crippen LogP contribution in [0.2, 0.25) is 5.02 Å². The molecule has 1 N–H and O–H groups in total. The first-order valence-corrected chi connectivity index (χ1v) is 7.54. The van der Waals surface area contributed by atoms with Gasteiger partial charge in [-0.05, 0) is 30.1 Å². The van der Waals surface area contributed by atoms with Crippen LogP contribution < -0.4 is 5.32 Å². The average molecular weight is 321 g/mol. The molecular weight excluding hydrogens is 308 g/mol. The number of hydrogen-bond donors (Lipinski definition) is 1. The summed E-state index contributed by atoms with van der Waals surface area (Å²) in [5.74, 6) is 1.08. The van der Waals surface area contributed by atoms with E-state index in [0.29, 0.717) is 23.2 Å². The van der Waals surface area contributed by atoms with Gasteiger partial charge in [-0.15, -0.1) is 0 Å². The Morgan fingerprint density at radius 3 is 2.90 bits per heavy atom. The molecule has 0 spiro atoms. The highest BCUT2D eigenvalue weighted by molar-refractivity contribution is 7.10. The van der Waals surface area contributed by atoms with Crippen molar-refractivity contribution in [2.75, 3.05) is 12.4 Å². The summed E-state index contributed by atoms with van der Waals surface area (Å²) >= 11 is 7.53. The largest absolute Gasteiger partial charge is 0.378 e. The molecule has 3 rings (SSSR count). The molecule has 0 aliphatic rings. The SMILES string of the molecule is CNc1snc(C)c1-c1nc(Cc2ccccc2Cl)no1. The zero-order valence-corrected chi connectivity index (χ0v) is 13.1. The van der Waals surface area contributed by atoms with Crippen LogP contribution in [0.1, 0.15) is 17.1 Å². The Labute approximate surface area is 131 Å². The molecule has 7 heteroatoms. The van der Waals surface area contributed by atoms with Gasteiger partial charge < -0.3 is 9.84 Å². The molecule has 5 nitrogen and oxygen atoms in total. The van der Waals surface area contributed by atoms with Crippen molar-refractivity contribution in [3.63, 3.8) is 0 Å². The van der Waals surface area contributed by atoms with Crippen molar-refractivity contribution in [3.05, 3.63) is 46.4 Å². The average Bonchev–Trinajstić information content (AvgIpc) is 3.07. The molecule has 108 valence electrons. The maximum Gasteiger partial charge on any atom is 0.262 e. The predicted molar refractivity (Wildman–Crippen MR) is 83.9 cm³/mol. The fourth-order valence-corrected chi connectivity index (χ4v) is 2.97. The lowest BCUT2D eigenvalue weighted by Gasteiger charge is -1.99. The van der Waals surface area contributed by atoms with E-state index in [1.54, 1.807) is 0 Å². The number of anilines is 1. The maximum absolute atomic E-state index is 6.15. The summed E-state index contributed by atoms with van der Waals surface area (Å²) in [5, 5.41) is 8.74. The van der Waals surface area contributed by atoms with E-state index in [0.717, 1.165) is 21.8 Å². The van der Waals surface area contributed by atoms with Crippen LogP contribution in [0.25, 0.3) is 11.5 Å². The number of nitrogens with one attached hydrogen (secondary N) is 1. The van der Waals surface area contributed by atoms with Gasteiger partial charge >= 0.3 is 0 Å². The van der Waals surface area contributed by atoms with Crippen LogP contribution in [0.4, 0.5) is 5.00 Å². The van der Waals surface area contributed by atoms with Crippen LogP contribution in [0.5, 0.6) is 0 Å². The maximum atomic E-state index is 6.15. The second-order valence-corrected chi connectivity index (χ2v) is 5.69. The first-order chi connectivity index (χ1) is 10.2. The highest BCUT2D eigenvalue weighted by Gasteiger charge is 2.18. The third-order valence-corrected chi connectivity index (χ3v) is 4.40. The van der Waals surface area contributed by atoms with E-state index in [-0.39, 0.29) is 0 Å². The molecule has 0 unspecified atom stereocenters. The Bertz CT molecular complexity index is 768. The van der Waals surface area contributed by atoms with E-state index in [1.807, 2.05) is 38.2 Å². The van der Waals surface area contributed by atoms with E-state index in [2.05, 4.69) is 19.8 Å². The van der Waals surface area contributed by atoms with Crippen molar-refractivity contribution < 1.29 is 4.52 Å². The van der Waals surface area contributed by atoms with Crippen LogP contribution in [0, 0.1) is 6.92 Å². The highest BCUT2D eigenvalue weighted by Crippen LogP contribution is 2.33. The van der Waals surface area contributed by atoms with Crippen LogP contribution >= 0.6 is 23.1 Å². The molecule has 0 fully saturated rings. The van der Waals surface area contributed by atoms with E-state index in [4.69, 9.17) is 16.1 Å². The quantitative estimate of drug-likeness (QED) is 0.792. The zero-order chi connectivity index (χ0) is 14.8. The smallest absolute Gasteiger partial charge is 0.262 e. The van der Waals surface area contributed by atoms with Crippen LogP contribution in [0.3, 0.4) is 0 Å². The van der Waals surface area contributed by atoms with E-state index in [1.165, 1.54) is 11.5 Å². The van der Waals surface area contributed by atoms with Crippen molar-refractivity contribution in [1.82, 2.24) is 14.5 Å². The van der Waals surface area contributed by atoms with Gasteiger partial charge in [-0.1, -0.05) is 35.0 Å². The molecule has 3 aromatic rings. The second-order valence-electron chi connectivity index (χ2n) is 4.51. The molecule has 0 saturated heterocycles. The van der Waals surface area contributed by atoms with Crippen molar-refractivity contribution in [1.29, 1.82) is 0 Å². The lowest BCUT2D eigenvalue weighted by Crippen LogP contribution is -1.92. The number of benzene rings is 1. The predicted octanol–water partition coefficient (Wildman–Crippen LogP) is 3.79. The zero-order valence-electron chi connectivity index (χ0n) is 11.6. The van der Waals surface area contributed by atoms with Crippen LogP contribution in [-0.4, -0.2) is 21.6 Å². The number of aromatic nitrogens is 3. The summed E-state index contributed by atoms with van der Waals surface area (Å²) in [6, 6.07) is 7.64. The molecule has 0 radical (unpaired) electrons. The number of rotatable bonds is 4. The number of hydrogen-bond acceptors (Lipinski definition) is 6. The molecule has 0 aliphatic carbocycles. The molecule has 0 amide bonds. The van der Waals surface area contributed by atoms with E-state index in [9.17, 15) is 0 Å². The molecule has 21 heavy (non-hydrogen) atoms. The van der Waals surface area contributed by atoms with Gasteiger partial charge in [0.1, 0.15) is 5.00 Å². The lowest BCUT2D eigenvalue weighted by molar-refractivity contribution is 0.424. The minimum Gasteiger partial charge on any atom is -0.378 e. The minimum atomic E-state index is 0.479. The Hall–Kier alpha value is -1.92. The third kappa shape index (κ3) is 2.77. The van der Waals surface area contributed by atoms with Crippen LogP contribution in [0.15, 0.2) is 28.8 Å². The van der Waals surface area contributed by atoms with Crippen molar-refractivity contribution in [2.24, 2.45) is 0 Å². The Kier molecular flexibility index (Phi) is 3.90. The summed E-state index contributed by atoms with van der Waals surface area (Å²) in [6.45, 7) is 1.92. The summed E-state index contributed by atoms with van der Waals surface area (Å²) in [4.78, 5) is 4.45. The van der Waals surface area contributed by atoms with Gasteiger partial charge in [0.2, 0.25) is 0 Å². The molecule has 0 bridgehead atoms. The van der Waals surface area contributed by atoms with Crippen LogP contribution in [-0.2, 0) is 6.42 Å². The minimum absolute atomic E-state index is 0.479. The highest BCUT2D eigenvalue weighted by atomic mass is 35.5. The summed E-state index contributed by atoms with van der Waals surface area (Å²) in [7, 11) is 1.84. The van der Waals surface area contributed by atoms with Gasteiger partial charge in [-0.25, -0.2) is 0 Å². The van der Waals surface area contributed by atoms with Gasteiger partial charge in [0.05, 0.1) is 11.3 Å². The summed E-state index contributed by atoms with van der Waals surface area (Å²) < 4.78 is 9.67. The molecular formula is C14H13ClN4OS. The summed E-state index contributed by atoms with van der Waals surface area (Å²) in [5.41, 5.74) is 2.71. The van der Waals surface area contributed by atoms with Gasteiger partial charge in [0, 0.05) is 18.5 Å². The molecule has 0 aliphatic heterocycles. The Balaban J connectivity index is 1.90. The second kappa shape index (κ2) is 5.83. The van der Waals surface area contributed by atoms with Gasteiger partial charge in [-0.3, -0.25) is 0 Å². The first kappa shape index (κ1) is 14.0. The van der Waals surface area contributed by atoms with Crippen molar-refractivity contribution in [2.45, 2.75) is 13.3 Å². The van der Waals surface area contributed by atoms with E-state index < -0.39 is 0 Å². The Morgan fingerprint density at radius 1 is 1.33 bits per heavy atom. The first-order valence-electron chi connectivity index (χ1n) is 6.39. The topological polar surface area (TPSA) is 63.8 Å². The standard InChI is InChI=1S/C14H13ClN4OS/c1-8-12(14(16-2)21-19-8)13-17-11(18-20-13)7-9-5-3-4-6-10(9)15/h3-6,16H,7H2,1-2H3. The molecule has 1 aromatic carbocycles. The molecule has 2 heterocycles. The number of aryl methyl sites for hydroxylation is 1.